The second-order valence-corrected chi connectivity index (χ2v) is 7.65. The molecule has 2 amide bonds. The summed E-state index contributed by atoms with van der Waals surface area (Å²) in [4.78, 5) is 36.9. The van der Waals surface area contributed by atoms with Gasteiger partial charge >= 0.3 is 17.8 Å². The fourth-order valence-electron chi connectivity index (χ4n) is 3.04. The maximum atomic E-state index is 12.5. The number of hydrogen-bond acceptors (Lipinski definition) is 5. The molecule has 3 rings (SSSR count). The number of carbonyl (C=O) groups excluding carboxylic acids is 3. The number of amides is 2. The average molecular weight is 444 g/mol. The van der Waals surface area contributed by atoms with Gasteiger partial charge in [0.1, 0.15) is 5.75 Å². The maximum Gasteiger partial charge on any atom is 0.343 e. The number of hydrogen-bond donors (Lipinski definition) is 2. The number of nitrogens with one attached hydrogen (secondary N) is 2. The summed E-state index contributed by atoms with van der Waals surface area (Å²) >= 11 is 0. The molecule has 168 valence electrons. The van der Waals surface area contributed by atoms with Crippen molar-refractivity contribution >= 4 is 29.2 Å². The van der Waals surface area contributed by atoms with Crippen molar-refractivity contribution in [3.63, 3.8) is 0 Å². The van der Waals surface area contributed by atoms with Gasteiger partial charge in [-0.1, -0.05) is 35.9 Å². The number of hydrazone groups is 1. The van der Waals surface area contributed by atoms with Crippen molar-refractivity contribution in [2.45, 2.75) is 27.7 Å². The Kier molecular flexibility index (Phi) is 7.35. The van der Waals surface area contributed by atoms with E-state index in [2.05, 4.69) is 15.8 Å². The first-order valence-corrected chi connectivity index (χ1v) is 10.4. The molecule has 0 aromatic heterocycles. The van der Waals surface area contributed by atoms with Gasteiger partial charge in [-0.05, 0) is 75.2 Å². The fourth-order valence-corrected chi connectivity index (χ4v) is 3.04. The second kappa shape index (κ2) is 10.4. The van der Waals surface area contributed by atoms with Gasteiger partial charge in [-0.25, -0.2) is 10.2 Å². The molecule has 0 fully saturated rings. The first-order chi connectivity index (χ1) is 15.7. The van der Waals surface area contributed by atoms with Crippen molar-refractivity contribution in [2.24, 2.45) is 5.10 Å². The standard InChI is InChI=1S/C26H25N3O4/c1-16-8-7-9-20(14-16)26(32)33-23-11-6-5-10-22(23)19(4)28-29-25(31)24(30)27-21-13-12-17(2)18(3)15-21/h5-15H,1-4H3,(H,27,30)(H,29,31)/b28-19+. The van der Waals surface area contributed by atoms with Crippen LogP contribution in [-0.4, -0.2) is 23.5 Å². The molecule has 3 aromatic rings. The van der Waals surface area contributed by atoms with E-state index in [1.54, 1.807) is 61.5 Å². The summed E-state index contributed by atoms with van der Waals surface area (Å²) < 4.78 is 5.55. The molecule has 0 aliphatic heterocycles. The lowest BCUT2D eigenvalue weighted by Crippen LogP contribution is -2.33. The number of aryl methyl sites for hydroxylation is 3. The van der Waals surface area contributed by atoms with Crippen LogP contribution in [0.1, 0.15) is 39.5 Å². The number of benzene rings is 3. The molecular formula is C26H25N3O4. The van der Waals surface area contributed by atoms with Gasteiger partial charge in [0.25, 0.3) is 0 Å². The highest BCUT2D eigenvalue weighted by atomic mass is 16.5. The fraction of sp³-hybridized carbons (Fsp3) is 0.154. The van der Waals surface area contributed by atoms with E-state index in [1.165, 1.54) is 0 Å². The molecule has 7 heteroatoms. The topological polar surface area (TPSA) is 96.9 Å². The van der Waals surface area contributed by atoms with Crippen LogP contribution in [0.4, 0.5) is 5.69 Å². The molecule has 0 radical (unpaired) electrons. The van der Waals surface area contributed by atoms with E-state index in [-0.39, 0.29) is 0 Å². The first-order valence-electron chi connectivity index (χ1n) is 10.4. The quantitative estimate of drug-likeness (QED) is 0.202. The molecule has 0 saturated carbocycles. The lowest BCUT2D eigenvalue weighted by molar-refractivity contribution is -0.136. The highest BCUT2D eigenvalue weighted by Crippen LogP contribution is 2.20. The van der Waals surface area contributed by atoms with Crippen LogP contribution in [0.15, 0.2) is 71.8 Å². The van der Waals surface area contributed by atoms with Crippen molar-refractivity contribution in [1.82, 2.24) is 5.43 Å². The molecular weight excluding hydrogens is 418 g/mol. The maximum absolute atomic E-state index is 12.5. The minimum atomic E-state index is -0.915. The Morgan fingerprint density at radius 1 is 0.818 bits per heavy atom. The molecule has 2 N–H and O–H groups in total. The van der Waals surface area contributed by atoms with Crippen LogP contribution in [0.25, 0.3) is 0 Å². The van der Waals surface area contributed by atoms with Crippen LogP contribution in [0, 0.1) is 20.8 Å². The molecule has 0 saturated heterocycles. The Labute approximate surface area is 192 Å². The smallest absolute Gasteiger partial charge is 0.343 e. The van der Waals surface area contributed by atoms with E-state index in [0.717, 1.165) is 16.7 Å². The Morgan fingerprint density at radius 3 is 2.30 bits per heavy atom. The molecule has 0 spiro atoms. The predicted octanol–water partition coefficient (Wildman–Crippen LogP) is 4.31. The monoisotopic (exact) mass is 443 g/mol. The number of nitrogens with zero attached hydrogens (tertiary/aromatic N) is 1. The van der Waals surface area contributed by atoms with E-state index in [9.17, 15) is 14.4 Å². The van der Waals surface area contributed by atoms with Crippen molar-refractivity contribution in [1.29, 1.82) is 0 Å². The highest BCUT2D eigenvalue weighted by molar-refractivity contribution is 6.39. The molecule has 0 aliphatic carbocycles. The SMILES string of the molecule is C/C(=N\NC(=O)C(=O)Nc1ccc(C)c(C)c1)c1ccccc1OC(=O)c1cccc(C)c1. The largest absolute Gasteiger partial charge is 0.422 e. The van der Waals surface area contributed by atoms with Crippen molar-refractivity contribution in [3.8, 4) is 5.75 Å². The average Bonchev–Trinajstić information content (AvgIpc) is 2.80. The van der Waals surface area contributed by atoms with Gasteiger partial charge in [0, 0.05) is 11.3 Å². The van der Waals surface area contributed by atoms with E-state index in [1.807, 2.05) is 32.9 Å². The normalized spacial score (nSPS) is 11.0. The lowest BCUT2D eigenvalue weighted by Gasteiger charge is -2.10. The minimum absolute atomic E-state index is 0.291. The number of ether oxygens (including phenoxy) is 1. The number of rotatable bonds is 5. The third-order valence-corrected chi connectivity index (χ3v) is 5.03. The zero-order valence-corrected chi connectivity index (χ0v) is 18.9. The van der Waals surface area contributed by atoms with E-state index in [0.29, 0.717) is 28.3 Å². The van der Waals surface area contributed by atoms with E-state index in [4.69, 9.17) is 4.74 Å². The number of carbonyl (C=O) groups is 3. The Bertz CT molecular complexity index is 1250. The van der Waals surface area contributed by atoms with Gasteiger partial charge < -0.3 is 10.1 Å². The number of anilines is 1. The summed E-state index contributed by atoms with van der Waals surface area (Å²) in [6.07, 6.45) is 0. The second-order valence-electron chi connectivity index (χ2n) is 7.65. The van der Waals surface area contributed by atoms with Gasteiger partial charge in [0.05, 0.1) is 11.3 Å². The van der Waals surface area contributed by atoms with Crippen LogP contribution in [0.2, 0.25) is 0 Å². The Morgan fingerprint density at radius 2 is 1.58 bits per heavy atom. The zero-order chi connectivity index (χ0) is 24.0. The van der Waals surface area contributed by atoms with Crippen molar-refractivity contribution in [2.75, 3.05) is 5.32 Å². The van der Waals surface area contributed by atoms with Gasteiger partial charge in [-0.15, -0.1) is 0 Å². The van der Waals surface area contributed by atoms with Crippen LogP contribution < -0.4 is 15.5 Å². The van der Waals surface area contributed by atoms with Gasteiger partial charge in [-0.2, -0.15) is 5.10 Å². The molecule has 0 unspecified atom stereocenters. The Hall–Kier alpha value is -4.26. The van der Waals surface area contributed by atoms with Gasteiger partial charge in [-0.3, -0.25) is 9.59 Å². The van der Waals surface area contributed by atoms with Gasteiger partial charge in [0.15, 0.2) is 0 Å². The third-order valence-electron chi connectivity index (χ3n) is 5.03. The summed E-state index contributed by atoms with van der Waals surface area (Å²) in [7, 11) is 0. The molecule has 0 atom stereocenters. The van der Waals surface area contributed by atoms with Crippen molar-refractivity contribution < 1.29 is 19.1 Å². The predicted molar refractivity (Wildman–Crippen MR) is 127 cm³/mol. The number of esters is 1. The molecule has 3 aromatic carbocycles. The highest BCUT2D eigenvalue weighted by Gasteiger charge is 2.16. The van der Waals surface area contributed by atoms with E-state index >= 15 is 0 Å². The van der Waals surface area contributed by atoms with E-state index < -0.39 is 17.8 Å². The van der Waals surface area contributed by atoms with Crippen molar-refractivity contribution in [3.05, 3.63) is 94.5 Å². The zero-order valence-electron chi connectivity index (χ0n) is 18.9. The lowest BCUT2D eigenvalue weighted by atomic mass is 10.1. The molecule has 0 bridgehead atoms. The van der Waals surface area contributed by atoms with Crippen LogP contribution >= 0.6 is 0 Å². The minimum Gasteiger partial charge on any atom is -0.422 e. The molecule has 33 heavy (non-hydrogen) atoms. The summed E-state index contributed by atoms with van der Waals surface area (Å²) in [6, 6.07) is 19.3. The summed E-state index contributed by atoms with van der Waals surface area (Å²) in [5.41, 5.74) is 7.09. The van der Waals surface area contributed by atoms with Crippen LogP contribution in [-0.2, 0) is 9.59 Å². The van der Waals surface area contributed by atoms with Gasteiger partial charge in [0.2, 0.25) is 0 Å². The van der Waals surface area contributed by atoms with Crippen LogP contribution in [0.3, 0.4) is 0 Å². The Balaban J connectivity index is 1.69. The van der Waals surface area contributed by atoms with Crippen LogP contribution in [0.5, 0.6) is 5.75 Å². The number of para-hydroxylation sites is 1. The summed E-state index contributed by atoms with van der Waals surface area (Å²) in [6.45, 7) is 7.41. The molecule has 0 heterocycles. The molecule has 0 aliphatic rings. The summed E-state index contributed by atoms with van der Waals surface area (Å²) in [5.74, 6) is -1.97. The molecule has 7 nitrogen and oxygen atoms in total. The first kappa shape index (κ1) is 23.4. The third kappa shape index (κ3) is 6.13. The summed E-state index contributed by atoms with van der Waals surface area (Å²) in [5, 5.41) is 6.55.